The molecule has 0 fully saturated rings. The summed E-state index contributed by atoms with van der Waals surface area (Å²) < 4.78 is 5.45. The van der Waals surface area contributed by atoms with E-state index in [0.29, 0.717) is 11.8 Å². The lowest BCUT2D eigenvalue weighted by Gasteiger charge is -2.01. The summed E-state index contributed by atoms with van der Waals surface area (Å²) in [5.41, 5.74) is 2.94. The first-order valence-electron chi connectivity index (χ1n) is 4.92. The van der Waals surface area contributed by atoms with E-state index in [4.69, 9.17) is 16.0 Å². The first-order valence-corrected chi connectivity index (χ1v) is 5.46. The van der Waals surface area contributed by atoms with Gasteiger partial charge >= 0.3 is 0 Å². The fourth-order valence-electron chi connectivity index (χ4n) is 1.49. The SMILES string of the molecule is Cc1nc2ccc(CNCCCl)cc2o1. The quantitative estimate of drug-likeness (QED) is 0.641. The zero-order chi connectivity index (χ0) is 10.7. The van der Waals surface area contributed by atoms with Crippen LogP contribution in [0, 0.1) is 6.92 Å². The van der Waals surface area contributed by atoms with Gasteiger partial charge in [0.05, 0.1) is 0 Å². The van der Waals surface area contributed by atoms with E-state index in [1.54, 1.807) is 0 Å². The molecule has 4 heteroatoms. The molecule has 0 amide bonds. The van der Waals surface area contributed by atoms with Gasteiger partial charge in [-0.25, -0.2) is 4.98 Å². The Morgan fingerprint density at radius 3 is 3.13 bits per heavy atom. The summed E-state index contributed by atoms with van der Waals surface area (Å²) in [6, 6.07) is 6.03. The van der Waals surface area contributed by atoms with Gasteiger partial charge in [0.15, 0.2) is 11.5 Å². The van der Waals surface area contributed by atoms with E-state index >= 15 is 0 Å². The Labute approximate surface area is 93.4 Å². The molecule has 1 aromatic carbocycles. The van der Waals surface area contributed by atoms with Crippen molar-refractivity contribution in [1.29, 1.82) is 0 Å². The molecule has 1 heterocycles. The van der Waals surface area contributed by atoms with Gasteiger partial charge in [-0.1, -0.05) is 6.07 Å². The lowest BCUT2D eigenvalue weighted by Crippen LogP contribution is -2.15. The number of halogens is 1. The van der Waals surface area contributed by atoms with Crippen LogP contribution in [0.4, 0.5) is 0 Å². The van der Waals surface area contributed by atoms with E-state index < -0.39 is 0 Å². The monoisotopic (exact) mass is 224 g/mol. The number of aryl methyl sites for hydroxylation is 1. The third kappa shape index (κ3) is 2.49. The van der Waals surface area contributed by atoms with Crippen LogP contribution in [0.15, 0.2) is 22.6 Å². The number of oxazole rings is 1. The Morgan fingerprint density at radius 2 is 2.33 bits per heavy atom. The second kappa shape index (κ2) is 4.64. The number of nitrogens with one attached hydrogen (secondary N) is 1. The molecule has 80 valence electrons. The van der Waals surface area contributed by atoms with E-state index in [0.717, 1.165) is 24.2 Å². The first kappa shape index (κ1) is 10.5. The molecule has 1 aromatic heterocycles. The number of alkyl halides is 1. The lowest BCUT2D eigenvalue weighted by molar-refractivity contribution is 0.560. The van der Waals surface area contributed by atoms with Crippen molar-refractivity contribution in [2.45, 2.75) is 13.5 Å². The molecule has 15 heavy (non-hydrogen) atoms. The maximum absolute atomic E-state index is 5.58. The van der Waals surface area contributed by atoms with Crippen molar-refractivity contribution in [3.63, 3.8) is 0 Å². The molecule has 0 atom stereocenters. The van der Waals surface area contributed by atoms with Crippen LogP contribution in [-0.4, -0.2) is 17.4 Å². The first-order chi connectivity index (χ1) is 7.29. The zero-order valence-corrected chi connectivity index (χ0v) is 9.34. The third-order valence-electron chi connectivity index (χ3n) is 2.16. The Kier molecular flexibility index (Phi) is 3.23. The minimum absolute atomic E-state index is 0.629. The van der Waals surface area contributed by atoms with Crippen molar-refractivity contribution < 1.29 is 4.42 Å². The number of benzene rings is 1. The van der Waals surface area contributed by atoms with Crippen LogP contribution in [0.25, 0.3) is 11.1 Å². The third-order valence-corrected chi connectivity index (χ3v) is 2.35. The van der Waals surface area contributed by atoms with Gasteiger partial charge in [-0.15, -0.1) is 11.6 Å². The molecular formula is C11H13ClN2O. The van der Waals surface area contributed by atoms with E-state index in [-0.39, 0.29) is 0 Å². The van der Waals surface area contributed by atoms with Crippen LogP contribution < -0.4 is 5.32 Å². The van der Waals surface area contributed by atoms with Crippen molar-refractivity contribution in [3.8, 4) is 0 Å². The molecule has 1 N–H and O–H groups in total. The fourth-order valence-corrected chi connectivity index (χ4v) is 1.63. The van der Waals surface area contributed by atoms with Gasteiger partial charge in [-0.05, 0) is 17.7 Å². The molecule has 3 nitrogen and oxygen atoms in total. The molecule has 0 aliphatic rings. The number of aromatic nitrogens is 1. The summed E-state index contributed by atoms with van der Waals surface area (Å²) in [6.45, 7) is 3.48. The summed E-state index contributed by atoms with van der Waals surface area (Å²) in [5, 5.41) is 3.23. The average molecular weight is 225 g/mol. The van der Waals surface area contributed by atoms with Crippen LogP contribution in [-0.2, 0) is 6.54 Å². The molecule has 0 aliphatic carbocycles. The van der Waals surface area contributed by atoms with E-state index in [9.17, 15) is 0 Å². The topological polar surface area (TPSA) is 38.1 Å². The van der Waals surface area contributed by atoms with Gasteiger partial charge in [0.2, 0.25) is 0 Å². The highest BCUT2D eigenvalue weighted by Crippen LogP contribution is 2.16. The molecule has 0 unspecified atom stereocenters. The molecule has 2 rings (SSSR count). The summed E-state index contributed by atoms with van der Waals surface area (Å²) in [6.07, 6.45) is 0. The second-order valence-corrected chi connectivity index (χ2v) is 3.78. The van der Waals surface area contributed by atoms with Crippen molar-refractivity contribution in [1.82, 2.24) is 10.3 Å². The van der Waals surface area contributed by atoms with Gasteiger partial charge in [-0.2, -0.15) is 0 Å². The highest BCUT2D eigenvalue weighted by Gasteiger charge is 2.02. The van der Waals surface area contributed by atoms with Crippen molar-refractivity contribution in [3.05, 3.63) is 29.7 Å². The lowest BCUT2D eigenvalue weighted by atomic mass is 10.2. The number of fused-ring (bicyclic) bond motifs is 1. The highest BCUT2D eigenvalue weighted by molar-refractivity contribution is 6.18. The summed E-state index contributed by atoms with van der Waals surface area (Å²) in [4.78, 5) is 4.24. The van der Waals surface area contributed by atoms with Gasteiger partial charge in [0.25, 0.3) is 0 Å². The average Bonchev–Trinajstić information content (AvgIpc) is 2.57. The molecule has 0 bridgehead atoms. The normalized spacial score (nSPS) is 11.1. The highest BCUT2D eigenvalue weighted by atomic mass is 35.5. The van der Waals surface area contributed by atoms with Gasteiger partial charge in [-0.3, -0.25) is 0 Å². The minimum Gasteiger partial charge on any atom is -0.441 e. The Morgan fingerprint density at radius 1 is 1.47 bits per heavy atom. The van der Waals surface area contributed by atoms with Crippen LogP contribution in [0.3, 0.4) is 0 Å². The van der Waals surface area contributed by atoms with Crippen LogP contribution in [0.1, 0.15) is 11.5 Å². The zero-order valence-electron chi connectivity index (χ0n) is 8.59. The number of rotatable bonds is 4. The summed E-state index contributed by atoms with van der Waals surface area (Å²) >= 11 is 5.58. The Balaban J connectivity index is 2.15. The van der Waals surface area contributed by atoms with Crippen LogP contribution in [0.5, 0.6) is 0 Å². The molecule has 0 spiro atoms. The molecule has 0 aliphatic heterocycles. The van der Waals surface area contributed by atoms with Gasteiger partial charge < -0.3 is 9.73 Å². The minimum atomic E-state index is 0.629. The number of nitrogens with zero attached hydrogens (tertiary/aromatic N) is 1. The molecule has 0 saturated heterocycles. The van der Waals surface area contributed by atoms with E-state index in [1.165, 1.54) is 5.56 Å². The molecule has 0 radical (unpaired) electrons. The van der Waals surface area contributed by atoms with Gasteiger partial charge in [0.1, 0.15) is 5.52 Å². The largest absolute Gasteiger partial charge is 0.441 e. The predicted octanol–water partition coefficient (Wildman–Crippen LogP) is 2.46. The van der Waals surface area contributed by atoms with Crippen molar-refractivity contribution in [2.24, 2.45) is 0 Å². The van der Waals surface area contributed by atoms with E-state index in [2.05, 4.69) is 10.3 Å². The van der Waals surface area contributed by atoms with E-state index in [1.807, 2.05) is 25.1 Å². The van der Waals surface area contributed by atoms with Crippen LogP contribution >= 0.6 is 11.6 Å². The standard InChI is InChI=1S/C11H13ClN2O/c1-8-14-10-3-2-9(6-11(10)15-8)7-13-5-4-12/h2-3,6,13H,4-5,7H2,1H3. The Bertz CT molecular complexity index is 453. The molecular weight excluding hydrogens is 212 g/mol. The smallest absolute Gasteiger partial charge is 0.192 e. The maximum Gasteiger partial charge on any atom is 0.192 e. The van der Waals surface area contributed by atoms with Gasteiger partial charge in [0, 0.05) is 25.9 Å². The maximum atomic E-state index is 5.58. The number of hydrogen-bond acceptors (Lipinski definition) is 3. The number of hydrogen-bond donors (Lipinski definition) is 1. The summed E-state index contributed by atoms with van der Waals surface area (Å²) in [7, 11) is 0. The predicted molar refractivity (Wildman–Crippen MR) is 61.2 cm³/mol. The molecule has 2 aromatic rings. The fraction of sp³-hybridized carbons (Fsp3) is 0.364. The van der Waals surface area contributed by atoms with Crippen molar-refractivity contribution >= 4 is 22.7 Å². The van der Waals surface area contributed by atoms with Crippen LogP contribution in [0.2, 0.25) is 0 Å². The van der Waals surface area contributed by atoms with Crippen molar-refractivity contribution in [2.75, 3.05) is 12.4 Å². The molecule has 0 saturated carbocycles. The second-order valence-electron chi connectivity index (χ2n) is 3.40. The summed E-state index contributed by atoms with van der Waals surface area (Å²) in [5.74, 6) is 1.33. The Hall–Kier alpha value is -1.06.